The number of aliphatic carboxylic acids is 1. The normalized spacial score (nSPS) is 21.0. The predicted octanol–water partition coefficient (Wildman–Crippen LogP) is 3.99. The third-order valence-corrected chi connectivity index (χ3v) is 4.60. The molecular formula is C18H20FNO3. The number of H-pyrrole nitrogens is 1. The first kappa shape index (κ1) is 15.7. The van der Waals surface area contributed by atoms with Crippen molar-refractivity contribution in [1.82, 2.24) is 4.98 Å². The molecule has 2 heterocycles. The van der Waals surface area contributed by atoms with Gasteiger partial charge in [0.05, 0.1) is 24.2 Å². The van der Waals surface area contributed by atoms with Crippen molar-refractivity contribution in [3.05, 3.63) is 40.8 Å². The molecule has 0 aliphatic carbocycles. The fourth-order valence-corrected chi connectivity index (χ4v) is 3.50. The first-order valence-electron chi connectivity index (χ1n) is 7.84. The van der Waals surface area contributed by atoms with E-state index < -0.39 is 11.6 Å². The average molecular weight is 317 g/mol. The Balaban J connectivity index is 2.28. The zero-order valence-corrected chi connectivity index (χ0v) is 13.3. The van der Waals surface area contributed by atoms with Gasteiger partial charge in [0.2, 0.25) is 0 Å². The zero-order chi connectivity index (χ0) is 16.6. The summed E-state index contributed by atoms with van der Waals surface area (Å²) in [5.74, 6) is -1.20. The molecule has 0 bridgehead atoms. The molecule has 1 aromatic carbocycles. The number of aromatic nitrogens is 1. The number of carboxylic acids is 1. The van der Waals surface area contributed by atoms with Crippen LogP contribution in [0.15, 0.2) is 18.2 Å². The lowest BCUT2D eigenvalue weighted by Crippen LogP contribution is -2.37. The molecule has 0 radical (unpaired) electrons. The maximum absolute atomic E-state index is 14.2. The summed E-state index contributed by atoms with van der Waals surface area (Å²) >= 11 is 0. The Bertz CT molecular complexity index is 793. The van der Waals surface area contributed by atoms with E-state index in [1.807, 2.05) is 13.8 Å². The third kappa shape index (κ3) is 2.45. The number of benzene rings is 1. The molecule has 0 amide bonds. The van der Waals surface area contributed by atoms with Gasteiger partial charge in [0, 0.05) is 10.9 Å². The maximum atomic E-state index is 14.2. The number of halogens is 1. The molecule has 0 saturated carbocycles. The molecule has 1 aromatic heterocycles. The van der Waals surface area contributed by atoms with Crippen LogP contribution in [0.25, 0.3) is 17.0 Å². The fraction of sp³-hybridized carbons (Fsp3) is 0.389. The van der Waals surface area contributed by atoms with Crippen LogP contribution in [0.3, 0.4) is 0 Å². The number of aromatic amines is 1. The van der Waals surface area contributed by atoms with Gasteiger partial charge in [-0.25, -0.2) is 4.39 Å². The van der Waals surface area contributed by atoms with E-state index in [0.717, 1.165) is 16.6 Å². The number of nitrogens with one attached hydrogen (secondary N) is 1. The molecule has 122 valence electrons. The van der Waals surface area contributed by atoms with Crippen molar-refractivity contribution < 1.29 is 19.0 Å². The lowest BCUT2D eigenvalue weighted by Gasteiger charge is -2.35. The van der Waals surface area contributed by atoms with Crippen molar-refractivity contribution in [2.75, 3.05) is 6.61 Å². The number of hydrogen-bond donors (Lipinski definition) is 2. The number of ether oxygens (including phenoxy) is 1. The molecule has 1 unspecified atom stereocenters. The highest BCUT2D eigenvalue weighted by Gasteiger charge is 2.41. The van der Waals surface area contributed by atoms with E-state index in [1.54, 1.807) is 18.2 Å². The van der Waals surface area contributed by atoms with Gasteiger partial charge < -0.3 is 14.8 Å². The number of hydrogen-bond acceptors (Lipinski definition) is 2. The molecule has 2 aromatic rings. The van der Waals surface area contributed by atoms with Gasteiger partial charge >= 0.3 is 5.97 Å². The first-order valence-corrected chi connectivity index (χ1v) is 7.84. The van der Waals surface area contributed by atoms with Crippen LogP contribution in [0.2, 0.25) is 0 Å². The lowest BCUT2D eigenvalue weighted by atomic mass is 9.86. The maximum Gasteiger partial charge on any atom is 0.306 e. The Morgan fingerprint density at radius 3 is 2.96 bits per heavy atom. The molecule has 1 aliphatic rings. The third-order valence-electron chi connectivity index (χ3n) is 4.60. The summed E-state index contributed by atoms with van der Waals surface area (Å²) in [5.41, 5.74) is 2.16. The lowest BCUT2D eigenvalue weighted by molar-refractivity contribution is -0.148. The van der Waals surface area contributed by atoms with E-state index in [9.17, 15) is 14.3 Å². The molecule has 23 heavy (non-hydrogen) atoms. The summed E-state index contributed by atoms with van der Waals surface area (Å²) < 4.78 is 20.0. The second-order valence-electron chi connectivity index (χ2n) is 5.88. The van der Waals surface area contributed by atoms with Gasteiger partial charge in [0.1, 0.15) is 11.4 Å². The SMILES string of the molecule is C/C=C\c1c(F)ccc2c3c([nH]c12)C(CC)(CC(=O)O)OCC3. The Morgan fingerprint density at radius 2 is 2.30 bits per heavy atom. The van der Waals surface area contributed by atoms with Crippen molar-refractivity contribution in [2.24, 2.45) is 0 Å². The van der Waals surface area contributed by atoms with Gasteiger partial charge in [-0.05, 0) is 37.5 Å². The number of allylic oxidation sites excluding steroid dienone is 1. The summed E-state index contributed by atoms with van der Waals surface area (Å²) in [6.07, 6.45) is 4.65. The molecule has 1 atom stereocenters. The van der Waals surface area contributed by atoms with Gasteiger partial charge in [-0.1, -0.05) is 19.1 Å². The summed E-state index contributed by atoms with van der Waals surface area (Å²) in [7, 11) is 0. The second-order valence-corrected chi connectivity index (χ2v) is 5.88. The molecular weight excluding hydrogens is 297 g/mol. The monoisotopic (exact) mass is 317 g/mol. The standard InChI is InChI=1S/C18H20FNO3/c1-3-5-13-14(19)7-6-11-12-8-9-23-18(4-2,10-15(21)22)17(12)20-16(11)13/h3,5-7,20H,4,8-10H2,1-2H3,(H,21,22)/b5-3-. The van der Waals surface area contributed by atoms with Gasteiger partial charge in [-0.3, -0.25) is 4.79 Å². The minimum atomic E-state index is -0.904. The Labute approximate surface area is 134 Å². The Hall–Kier alpha value is -2.14. The average Bonchev–Trinajstić information content (AvgIpc) is 2.90. The molecule has 5 heteroatoms. The van der Waals surface area contributed by atoms with Crippen LogP contribution in [0.5, 0.6) is 0 Å². The van der Waals surface area contributed by atoms with E-state index in [0.29, 0.717) is 30.5 Å². The van der Waals surface area contributed by atoms with Gasteiger partial charge in [-0.15, -0.1) is 0 Å². The van der Waals surface area contributed by atoms with Crippen LogP contribution in [-0.2, 0) is 21.6 Å². The zero-order valence-electron chi connectivity index (χ0n) is 13.3. The minimum absolute atomic E-state index is 0.106. The number of carbonyl (C=O) groups is 1. The highest BCUT2D eigenvalue weighted by atomic mass is 19.1. The molecule has 0 spiro atoms. The van der Waals surface area contributed by atoms with Crippen LogP contribution in [0.4, 0.5) is 4.39 Å². The van der Waals surface area contributed by atoms with Gasteiger partial charge in [0.25, 0.3) is 0 Å². The van der Waals surface area contributed by atoms with E-state index in [1.165, 1.54) is 6.07 Å². The van der Waals surface area contributed by atoms with Crippen molar-refractivity contribution in [2.45, 2.75) is 38.7 Å². The van der Waals surface area contributed by atoms with Crippen LogP contribution < -0.4 is 0 Å². The molecule has 2 N–H and O–H groups in total. The van der Waals surface area contributed by atoms with Crippen LogP contribution in [0.1, 0.15) is 43.5 Å². The second kappa shape index (κ2) is 5.81. The molecule has 0 fully saturated rings. The molecule has 3 rings (SSSR count). The largest absolute Gasteiger partial charge is 0.481 e. The van der Waals surface area contributed by atoms with Crippen molar-refractivity contribution in [3.63, 3.8) is 0 Å². The summed E-state index contributed by atoms with van der Waals surface area (Å²) in [6.45, 7) is 4.22. The highest BCUT2D eigenvalue weighted by molar-refractivity contribution is 5.92. The Kier molecular flexibility index (Phi) is 3.98. The van der Waals surface area contributed by atoms with E-state index >= 15 is 0 Å². The van der Waals surface area contributed by atoms with E-state index in [2.05, 4.69) is 4.98 Å². The fourth-order valence-electron chi connectivity index (χ4n) is 3.50. The molecule has 4 nitrogen and oxygen atoms in total. The first-order chi connectivity index (χ1) is 11.0. The quantitative estimate of drug-likeness (QED) is 0.896. The summed E-state index contributed by atoms with van der Waals surface area (Å²) in [5, 5.41) is 10.2. The predicted molar refractivity (Wildman–Crippen MR) is 86.8 cm³/mol. The number of rotatable bonds is 4. The van der Waals surface area contributed by atoms with Gasteiger partial charge in [-0.2, -0.15) is 0 Å². The summed E-state index contributed by atoms with van der Waals surface area (Å²) in [6, 6.07) is 3.23. The van der Waals surface area contributed by atoms with Crippen molar-refractivity contribution in [1.29, 1.82) is 0 Å². The number of carboxylic acid groups (broad SMARTS) is 1. The smallest absolute Gasteiger partial charge is 0.306 e. The summed E-state index contributed by atoms with van der Waals surface area (Å²) in [4.78, 5) is 14.6. The number of fused-ring (bicyclic) bond motifs is 3. The van der Waals surface area contributed by atoms with Crippen molar-refractivity contribution >= 4 is 22.9 Å². The molecule has 1 aliphatic heterocycles. The van der Waals surface area contributed by atoms with E-state index in [-0.39, 0.29) is 12.2 Å². The topological polar surface area (TPSA) is 62.3 Å². The van der Waals surface area contributed by atoms with Crippen LogP contribution >= 0.6 is 0 Å². The van der Waals surface area contributed by atoms with Crippen molar-refractivity contribution in [3.8, 4) is 0 Å². The minimum Gasteiger partial charge on any atom is -0.481 e. The van der Waals surface area contributed by atoms with Crippen LogP contribution in [-0.4, -0.2) is 22.7 Å². The highest BCUT2D eigenvalue weighted by Crippen LogP contribution is 2.42. The van der Waals surface area contributed by atoms with Gasteiger partial charge in [0.15, 0.2) is 0 Å². The Morgan fingerprint density at radius 1 is 1.52 bits per heavy atom. The van der Waals surface area contributed by atoms with Crippen LogP contribution in [0, 0.1) is 5.82 Å². The van der Waals surface area contributed by atoms with E-state index in [4.69, 9.17) is 4.74 Å². The molecule has 0 saturated heterocycles.